The molecule has 126 valence electrons. The fourth-order valence-electron chi connectivity index (χ4n) is 2.95. The van der Waals surface area contributed by atoms with Crippen molar-refractivity contribution in [3.05, 3.63) is 36.0 Å². The second kappa shape index (κ2) is 5.52. The summed E-state index contributed by atoms with van der Waals surface area (Å²) in [6.07, 6.45) is 2.27. The number of hydrogen-bond acceptors (Lipinski definition) is 5. The molecule has 3 heterocycles. The largest absolute Gasteiger partial charge is 0.491 e. The van der Waals surface area contributed by atoms with E-state index in [2.05, 4.69) is 10.4 Å². The first-order chi connectivity index (χ1) is 11.6. The summed E-state index contributed by atoms with van der Waals surface area (Å²) in [6, 6.07) is 6.06. The quantitative estimate of drug-likeness (QED) is 0.858. The highest BCUT2D eigenvalue weighted by Crippen LogP contribution is 2.30. The van der Waals surface area contributed by atoms with Crippen LogP contribution in [-0.4, -0.2) is 43.8 Å². The molecule has 0 radical (unpaired) electrons. The number of carbonyl (C=O) groups excluding carboxylic acids is 1. The Bertz CT molecular complexity index is 906. The number of nitrogens with one attached hydrogen (secondary N) is 1. The van der Waals surface area contributed by atoms with Gasteiger partial charge in [0.2, 0.25) is 0 Å². The zero-order valence-electron chi connectivity index (χ0n) is 12.8. The van der Waals surface area contributed by atoms with Gasteiger partial charge in [-0.3, -0.25) is 4.79 Å². The zero-order chi connectivity index (χ0) is 16.7. The molecule has 1 aromatic heterocycles. The van der Waals surface area contributed by atoms with Crippen molar-refractivity contribution in [3.8, 4) is 5.75 Å². The van der Waals surface area contributed by atoms with Crippen LogP contribution >= 0.6 is 0 Å². The molecule has 8 nitrogen and oxygen atoms in total. The molecule has 0 aliphatic carbocycles. The van der Waals surface area contributed by atoms with Crippen molar-refractivity contribution in [2.45, 2.75) is 17.9 Å². The average molecular weight is 348 g/mol. The number of sulfonamides is 1. The first-order valence-corrected chi connectivity index (χ1v) is 9.11. The lowest BCUT2D eigenvalue weighted by Crippen LogP contribution is -2.37. The standard InChI is InChI=1S/C15H16N4O4S/c20-15-12-10-11(2-3-13(12)23-9-6-16-15)24(21,22)19-8-1-7-18-14(19)4-5-17-18/h2-5,10H,1,6-9H2,(H,16,20). The number of aryl methyl sites for hydroxylation is 1. The van der Waals surface area contributed by atoms with Gasteiger partial charge in [0.05, 0.1) is 23.2 Å². The van der Waals surface area contributed by atoms with Gasteiger partial charge in [-0.1, -0.05) is 0 Å². The normalized spacial score (nSPS) is 17.3. The van der Waals surface area contributed by atoms with Crippen molar-refractivity contribution in [1.82, 2.24) is 15.1 Å². The van der Waals surface area contributed by atoms with Gasteiger partial charge in [0.15, 0.2) is 0 Å². The maximum atomic E-state index is 13.0. The van der Waals surface area contributed by atoms with Gasteiger partial charge in [-0.25, -0.2) is 17.4 Å². The lowest BCUT2D eigenvalue weighted by atomic mass is 10.2. The predicted octanol–water partition coefficient (Wildman–Crippen LogP) is 0.604. The highest BCUT2D eigenvalue weighted by atomic mass is 32.2. The number of nitrogens with zero attached hydrogens (tertiary/aromatic N) is 3. The molecule has 2 aliphatic heterocycles. The van der Waals surface area contributed by atoms with Crippen LogP contribution in [0.15, 0.2) is 35.4 Å². The van der Waals surface area contributed by atoms with Gasteiger partial charge in [0, 0.05) is 19.2 Å². The second-order valence-electron chi connectivity index (χ2n) is 5.61. The van der Waals surface area contributed by atoms with E-state index in [0.717, 1.165) is 0 Å². The highest BCUT2D eigenvalue weighted by Gasteiger charge is 2.31. The van der Waals surface area contributed by atoms with E-state index < -0.39 is 10.0 Å². The summed E-state index contributed by atoms with van der Waals surface area (Å²) in [4.78, 5) is 12.2. The number of aromatic nitrogens is 2. The van der Waals surface area contributed by atoms with Crippen LogP contribution in [-0.2, 0) is 16.6 Å². The van der Waals surface area contributed by atoms with Gasteiger partial charge in [0.25, 0.3) is 15.9 Å². The molecule has 1 aromatic carbocycles. The van der Waals surface area contributed by atoms with Crippen LogP contribution in [0.4, 0.5) is 5.82 Å². The molecule has 0 atom stereocenters. The summed E-state index contributed by atoms with van der Waals surface area (Å²) in [6.45, 7) is 1.82. The van der Waals surface area contributed by atoms with Gasteiger partial charge in [0.1, 0.15) is 18.2 Å². The fraction of sp³-hybridized carbons (Fsp3) is 0.333. The van der Waals surface area contributed by atoms with E-state index in [1.807, 2.05) is 0 Å². The summed E-state index contributed by atoms with van der Waals surface area (Å²) >= 11 is 0. The molecule has 4 rings (SSSR count). The third kappa shape index (κ3) is 2.32. The van der Waals surface area contributed by atoms with E-state index in [9.17, 15) is 13.2 Å². The molecule has 0 saturated carbocycles. The summed E-state index contributed by atoms with van der Waals surface area (Å²) in [5, 5.41) is 6.82. The number of fused-ring (bicyclic) bond motifs is 2. The van der Waals surface area contributed by atoms with Crippen molar-refractivity contribution in [2.75, 3.05) is 24.0 Å². The van der Waals surface area contributed by atoms with Crippen LogP contribution in [0.1, 0.15) is 16.8 Å². The third-order valence-corrected chi connectivity index (χ3v) is 5.91. The van der Waals surface area contributed by atoms with Crippen LogP contribution in [0.25, 0.3) is 0 Å². The van der Waals surface area contributed by atoms with Crippen molar-refractivity contribution in [2.24, 2.45) is 0 Å². The Morgan fingerprint density at radius 3 is 2.96 bits per heavy atom. The number of benzene rings is 1. The smallest absolute Gasteiger partial charge is 0.265 e. The minimum absolute atomic E-state index is 0.0663. The Morgan fingerprint density at radius 1 is 1.21 bits per heavy atom. The summed E-state index contributed by atoms with van der Waals surface area (Å²) < 4.78 is 34.5. The van der Waals surface area contributed by atoms with E-state index >= 15 is 0 Å². The summed E-state index contributed by atoms with van der Waals surface area (Å²) in [7, 11) is -3.78. The first-order valence-electron chi connectivity index (χ1n) is 7.67. The Hall–Kier alpha value is -2.55. The third-order valence-electron chi connectivity index (χ3n) is 4.11. The Kier molecular flexibility index (Phi) is 3.45. The van der Waals surface area contributed by atoms with E-state index in [-0.39, 0.29) is 16.4 Å². The minimum atomic E-state index is -3.78. The topological polar surface area (TPSA) is 93.5 Å². The zero-order valence-corrected chi connectivity index (χ0v) is 13.6. The molecule has 0 saturated heterocycles. The molecule has 0 unspecified atom stereocenters. The molecular formula is C15H16N4O4S. The Morgan fingerprint density at radius 2 is 2.08 bits per heavy atom. The number of ether oxygens (including phenoxy) is 1. The monoisotopic (exact) mass is 348 g/mol. The number of rotatable bonds is 2. The van der Waals surface area contributed by atoms with E-state index in [1.54, 1.807) is 16.9 Å². The van der Waals surface area contributed by atoms with Gasteiger partial charge >= 0.3 is 0 Å². The predicted molar refractivity (Wildman–Crippen MR) is 85.6 cm³/mol. The number of amides is 1. The average Bonchev–Trinajstić information content (AvgIpc) is 2.99. The lowest BCUT2D eigenvalue weighted by Gasteiger charge is -2.28. The summed E-state index contributed by atoms with van der Waals surface area (Å²) in [5.41, 5.74) is 0.235. The molecule has 0 spiro atoms. The summed E-state index contributed by atoms with van der Waals surface area (Å²) in [5.74, 6) is 0.604. The molecule has 24 heavy (non-hydrogen) atoms. The fourth-order valence-corrected chi connectivity index (χ4v) is 4.48. The van der Waals surface area contributed by atoms with E-state index in [4.69, 9.17) is 4.74 Å². The van der Waals surface area contributed by atoms with E-state index in [1.165, 1.54) is 22.5 Å². The lowest BCUT2D eigenvalue weighted by molar-refractivity contribution is 0.0957. The van der Waals surface area contributed by atoms with Crippen LogP contribution in [0.5, 0.6) is 5.75 Å². The number of hydrogen-bond donors (Lipinski definition) is 1. The molecule has 2 aromatic rings. The number of carbonyl (C=O) groups is 1. The first kappa shape index (κ1) is 15.0. The molecule has 0 bridgehead atoms. The van der Waals surface area contributed by atoms with Gasteiger partial charge in [-0.2, -0.15) is 5.10 Å². The second-order valence-corrected chi connectivity index (χ2v) is 7.47. The van der Waals surface area contributed by atoms with Crippen LogP contribution in [0.2, 0.25) is 0 Å². The molecule has 1 N–H and O–H groups in total. The van der Waals surface area contributed by atoms with Crippen LogP contribution in [0, 0.1) is 0 Å². The van der Waals surface area contributed by atoms with Crippen molar-refractivity contribution in [1.29, 1.82) is 0 Å². The Balaban J connectivity index is 1.78. The molecule has 2 aliphatic rings. The SMILES string of the molecule is O=C1NCCOc2ccc(S(=O)(=O)N3CCCn4nccc43)cc21. The van der Waals surface area contributed by atoms with Crippen molar-refractivity contribution < 1.29 is 17.9 Å². The molecular weight excluding hydrogens is 332 g/mol. The Labute approximate surface area is 139 Å². The molecule has 0 fully saturated rings. The molecule has 1 amide bonds. The molecule has 9 heteroatoms. The minimum Gasteiger partial charge on any atom is -0.491 e. The maximum absolute atomic E-state index is 13.0. The van der Waals surface area contributed by atoms with Gasteiger partial charge in [-0.15, -0.1) is 0 Å². The van der Waals surface area contributed by atoms with Crippen LogP contribution in [0.3, 0.4) is 0 Å². The highest BCUT2D eigenvalue weighted by molar-refractivity contribution is 7.92. The van der Waals surface area contributed by atoms with Gasteiger partial charge in [-0.05, 0) is 24.6 Å². The van der Waals surface area contributed by atoms with Crippen LogP contribution < -0.4 is 14.4 Å². The number of anilines is 1. The van der Waals surface area contributed by atoms with Crippen molar-refractivity contribution >= 4 is 21.7 Å². The van der Waals surface area contributed by atoms with Gasteiger partial charge < -0.3 is 10.1 Å². The van der Waals surface area contributed by atoms with Crippen molar-refractivity contribution in [3.63, 3.8) is 0 Å². The maximum Gasteiger partial charge on any atom is 0.265 e. The van der Waals surface area contributed by atoms with E-state index in [0.29, 0.717) is 44.2 Å².